The smallest absolute Gasteiger partial charge is 0.224 e. The van der Waals surface area contributed by atoms with Crippen molar-refractivity contribution in [2.75, 3.05) is 19.6 Å². The Kier molecular flexibility index (Phi) is 4.71. The minimum absolute atomic E-state index is 0.203. The maximum absolute atomic E-state index is 12.8. The minimum Gasteiger partial charge on any atom is -0.361 e. The number of rotatable bonds is 5. The number of amides is 1. The number of hydrogen-bond donors (Lipinski definition) is 0. The second-order valence-electron chi connectivity index (χ2n) is 7.46. The van der Waals surface area contributed by atoms with Crippen LogP contribution >= 0.6 is 0 Å². The number of carbonyl (C=O) groups is 1. The van der Waals surface area contributed by atoms with E-state index in [2.05, 4.69) is 30.5 Å². The lowest BCUT2D eigenvalue weighted by molar-refractivity contribution is -0.135. The van der Waals surface area contributed by atoms with Crippen molar-refractivity contribution in [3.8, 4) is 0 Å². The molecule has 0 aromatic carbocycles. The van der Waals surface area contributed by atoms with Gasteiger partial charge in [0.05, 0.1) is 12.2 Å². The topological polar surface area (TPSA) is 93.2 Å². The van der Waals surface area contributed by atoms with Gasteiger partial charge in [-0.3, -0.25) is 9.69 Å². The van der Waals surface area contributed by atoms with Crippen LogP contribution in [0.1, 0.15) is 36.3 Å². The number of aryl methyl sites for hydroxylation is 3. The summed E-state index contributed by atoms with van der Waals surface area (Å²) in [6, 6.07) is 0.288. The summed E-state index contributed by atoms with van der Waals surface area (Å²) in [5.41, 5.74) is 2.15. The summed E-state index contributed by atoms with van der Waals surface area (Å²) in [6.07, 6.45) is 4.27. The highest BCUT2D eigenvalue weighted by Crippen LogP contribution is 2.30. The molecule has 2 unspecified atom stereocenters. The van der Waals surface area contributed by atoms with Crippen LogP contribution in [0.2, 0.25) is 0 Å². The first kappa shape index (κ1) is 17.1. The Bertz CT molecular complexity index is 738. The summed E-state index contributed by atoms with van der Waals surface area (Å²) in [5, 5.41) is 15.1. The number of piperidine rings is 1. The Balaban J connectivity index is 1.40. The van der Waals surface area contributed by atoms with Crippen LogP contribution in [0.3, 0.4) is 0 Å². The van der Waals surface area contributed by atoms with Gasteiger partial charge in [0.1, 0.15) is 12.1 Å². The number of tetrazole rings is 1. The zero-order chi connectivity index (χ0) is 18.1. The van der Waals surface area contributed by atoms with Crippen molar-refractivity contribution >= 4 is 5.91 Å². The van der Waals surface area contributed by atoms with Gasteiger partial charge in [0.2, 0.25) is 5.91 Å². The number of carbonyl (C=O) groups excluding carboxylic acids is 1. The molecule has 3 aliphatic rings. The molecule has 9 heteroatoms. The lowest BCUT2D eigenvalue weighted by atomic mass is 9.94. The molecule has 140 valence electrons. The Morgan fingerprint density at radius 3 is 2.88 bits per heavy atom. The highest BCUT2D eigenvalue weighted by atomic mass is 16.5. The van der Waals surface area contributed by atoms with Gasteiger partial charge in [-0.2, -0.15) is 0 Å². The van der Waals surface area contributed by atoms with Crippen LogP contribution in [0.4, 0.5) is 0 Å². The fraction of sp³-hybridized carbons (Fsp3) is 0.706. The Morgan fingerprint density at radius 2 is 2.15 bits per heavy atom. The van der Waals surface area contributed by atoms with Crippen molar-refractivity contribution in [2.45, 2.75) is 52.2 Å². The molecule has 9 nitrogen and oxygen atoms in total. The molecule has 2 bridgehead atoms. The quantitative estimate of drug-likeness (QED) is 0.779. The molecule has 0 saturated carbocycles. The second-order valence-corrected chi connectivity index (χ2v) is 7.46. The van der Waals surface area contributed by atoms with E-state index in [9.17, 15) is 4.79 Å². The first-order valence-corrected chi connectivity index (χ1v) is 9.24. The summed E-state index contributed by atoms with van der Waals surface area (Å²) in [7, 11) is 0. The highest BCUT2D eigenvalue weighted by molar-refractivity contribution is 5.76. The lowest BCUT2D eigenvalue weighted by Crippen LogP contribution is -2.47. The van der Waals surface area contributed by atoms with Gasteiger partial charge in [-0.25, -0.2) is 4.68 Å². The molecule has 1 amide bonds. The van der Waals surface area contributed by atoms with E-state index >= 15 is 0 Å². The fourth-order valence-electron chi connectivity index (χ4n) is 4.20. The zero-order valence-corrected chi connectivity index (χ0v) is 15.3. The molecule has 2 atom stereocenters. The van der Waals surface area contributed by atoms with Crippen LogP contribution in [-0.4, -0.2) is 66.7 Å². The summed E-state index contributed by atoms with van der Waals surface area (Å²) in [6.45, 7) is 8.14. The zero-order valence-electron chi connectivity index (χ0n) is 15.3. The Morgan fingerprint density at radius 1 is 1.27 bits per heavy atom. The molecule has 26 heavy (non-hydrogen) atoms. The molecule has 5 heterocycles. The van der Waals surface area contributed by atoms with E-state index in [0.29, 0.717) is 18.9 Å². The van der Waals surface area contributed by atoms with Gasteiger partial charge in [0, 0.05) is 44.2 Å². The molecule has 5 rings (SSSR count). The highest BCUT2D eigenvalue weighted by Gasteiger charge is 2.37. The van der Waals surface area contributed by atoms with Crippen molar-refractivity contribution in [2.24, 2.45) is 5.92 Å². The predicted octanol–water partition coefficient (Wildman–Crippen LogP) is 0.791. The van der Waals surface area contributed by atoms with E-state index in [4.69, 9.17) is 4.52 Å². The summed E-state index contributed by atoms with van der Waals surface area (Å²) in [4.78, 5) is 17.3. The SMILES string of the molecule is Cc1noc(C)c1CN1CC2CCC(C1)N(C(=O)CCn1cnnn1)C2. The molecule has 0 spiro atoms. The van der Waals surface area contributed by atoms with Crippen LogP contribution < -0.4 is 0 Å². The number of aromatic nitrogens is 5. The number of fused-ring (bicyclic) bond motifs is 4. The van der Waals surface area contributed by atoms with E-state index in [0.717, 1.165) is 44.1 Å². The minimum atomic E-state index is 0.203. The number of hydrogen-bond acceptors (Lipinski definition) is 7. The second kappa shape index (κ2) is 7.14. The Hall–Kier alpha value is -2.29. The molecule has 0 N–H and O–H groups in total. The van der Waals surface area contributed by atoms with E-state index in [1.807, 2.05) is 13.8 Å². The van der Waals surface area contributed by atoms with Crippen molar-refractivity contribution in [3.63, 3.8) is 0 Å². The molecule has 0 radical (unpaired) electrons. The molecular weight excluding hydrogens is 334 g/mol. The predicted molar refractivity (Wildman–Crippen MR) is 91.9 cm³/mol. The van der Waals surface area contributed by atoms with Gasteiger partial charge in [-0.15, -0.1) is 5.10 Å². The summed E-state index contributed by atoms with van der Waals surface area (Å²) in [5.74, 6) is 1.63. The third kappa shape index (κ3) is 3.48. The van der Waals surface area contributed by atoms with Crippen LogP contribution in [0.25, 0.3) is 0 Å². The lowest BCUT2D eigenvalue weighted by Gasteiger charge is -2.36. The fourth-order valence-corrected chi connectivity index (χ4v) is 4.20. The van der Waals surface area contributed by atoms with Crippen molar-refractivity contribution < 1.29 is 9.32 Å². The first-order chi connectivity index (χ1) is 12.6. The average Bonchev–Trinajstić information content (AvgIpc) is 3.15. The van der Waals surface area contributed by atoms with E-state index in [1.54, 1.807) is 11.0 Å². The number of nitrogens with zero attached hydrogens (tertiary/aromatic N) is 7. The molecule has 0 aliphatic carbocycles. The van der Waals surface area contributed by atoms with Crippen molar-refractivity contribution in [3.05, 3.63) is 23.3 Å². The summed E-state index contributed by atoms with van der Waals surface area (Å²) < 4.78 is 6.91. The van der Waals surface area contributed by atoms with Gasteiger partial charge >= 0.3 is 0 Å². The van der Waals surface area contributed by atoms with E-state index in [-0.39, 0.29) is 11.9 Å². The van der Waals surface area contributed by atoms with Crippen LogP contribution in [-0.2, 0) is 17.9 Å². The normalized spacial score (nSPS) is 23.4. The molecule has 2 aromatic rings. The Labute approximate surface area is 152 Å². The van der Waals surface area contributed by atoms with Crippen LogP contribution in [0.5, 0.6) is 0 Å². The van der Waals surface area contributed by atoms with E-state index < -0.39 is 0 Å². The van der Waals surface area contributed by atoms with Gasteiger partial charge in [0.15, 0.2) is 0 Å². The van der Waals surface area contributed by atoms with Gasteiger partial charge < -0.3 is 9.42 Å². The largest absolute Gasteiger partial charge is 0.361 e. The first-order valence-electron chi connectivity index (χ1n) is 9.24. The van der Waals surface area contributed by atoms with Crippen molar-refractivity contribution in [1.29, 1.82) is 0 Å². The molecule has 2 aromatic heterocycles. The van der Waals surface area contributed by atoms with Crippen LogP contribution in [0.15, 0.2) is 10.9 Å². The maximum atomic E-state index is 12.8. The third-order valence-corrected chi connectivity index (χ3v) is 5.62. The van der Waals surface area contributed by atoms with Gasteiger partial charge in [-0.1, -0.05) is 5.16 Å². The average molecular weight is 359 g/mol. The maximum Gasteiger partial charge on any atom is 0.224 e. The van der Waals surface area contributed by atoms with Crippen LogP contribution in [0, 0.1) is 19.8 Å². The van der Waals surface area contributed by atoms with Crippen molar-refractivity contribution in [1.82, 2.24) is 35.2 Å². The third-order valence-electron chi connectivity index (χ3n) is 5.62. The monoisotopic (exact) mass is 359 g/mol. The molecule has 3 saturated heterocycles. The standard InChI is InChI=1S/C17H25N7O2/c1-12-16(13(2)26-19-12)10-22-7-14-3-4-15(9-22)24(8-14)17(25)5-6-23-11-18-20-21-23/h11,14-15H,3-10H2,1-2H3. The summed E-state index contributed by atoms with van der Waals surface area (Å²) >= 11 is 0. The van der Waals surface area contributed by atoms with Gasteiger partial charge in [-0.05, 0) is 43.0 Å². The van der Waals surface area contributed by atoms with Gasteiger partial charge in [0.25, 0.3) is 0 Å². The van der Waals surface area contributed by atoms with E-state index in [1.165, 1.54) is 12.0 Å². The molecule has 3 fully saturated rings. The molecular formula is C17H25N7O2. The molecule has 3 aliphatic heterocycles.